The highest BCUT2D eigenvalue weighted by atomic mass is 19.1. The molecule has 0 aliphatic rings. The van der Waals surface area contributed by atoms with Crippen LogP contribution in [0.1, 0.15) is 24.5 Å². The fourth-order valence-electron chi connectivity index (χ4n) is 5.22. The van der Waals surface area contributed by atoms with E-state index in [1.807, 2.05) is 73.7 Å². The lowest BCUT2D eigenvalue weighted by atomic mass is 9.98. The number of ether oxygens (including phenoxy) is 1. The minimum absolute atomic E-state index is 0.179. The number of benzene rings is 3. The molecule has 0 fully saturated rings. The second-order valence-electron chi connectivity index (χ2n) is 10.1. The molecule has 43 heavy (non-hydrogen) atoms. The lowest BCUT2D eigenvalue weighted by Gasteiger charge is -2.23. The molecule has 0 aliphatic heterocycles. The molecule has 6 aromatic rings. The van der Waals surface area contributed by atoms with E-state index in [2.05, 4.69) is 20.3 Å². The monoisotopic (exact) mass is 573 g/mol. The van der Waals surface area contributed by atoms with E-state index in [4.69, 9.17) is 4.74 Å². The first-order valence-electron chi connectivity index (χ1n) is 13.7. The number of hydrogen-bond acceptors (Lipinski definition) is 7. The fourth-order valence-corrected chi connectivity index (χ4v) is 5.22. The highest BCUT2D eigenvalue weighted by molar-refractivity contribution is 5.96. The number of aryl methyl sites for hydroxylation is 1. The van der Waals surface area contributed by atoms with Gasteiger partial charge in [-0.3, -0.25) is 9.36 Å². The third-order valence-corrected chi connectivity index (χ3v) is 7.31. The number of rotatable bonds is 7. The van der Waals surface area contributed by atoms with Crippen LogP contribution in [0.3, 0.4) is 0 Å². The van der Waals surface area contributed by atoms with Crippen molar-refractivity contribution in [2.24, 2.45) is 0 Å². The Bertz CT molecular complexity index is 2030. The predicted molar refractivity (Wildman–Crippen MR) is 165 cm³/mol. The summed E-state index contributed by atoms with van der Waals surface area (Å²) in [5.41, 5.74) is 3.95. The van der Waals surface area contributed by atoms with Crippen LogP contribution in [0, 0.1) is 12.7 Å². The van der Waals surface area contributed by atoms with Crippen molar-refractivity contribution in [3.05, 3.63) is 125 Å². The van der Waals surface area contributed by atoms with Gasteiger partial charge in [-0.05, 0) is 72.3 Å². The topological polar surface area (TPSA) is 102 Å². The van der Waals surface area contributed by atoms with E-state index in [-0.39, 0.29) is 5.56 Å². The summed E-state index contributed by atoms with van der Waals surface area (Å²) in [5.74, 6) is 0.286. The van der Waals surface area contributed by atoms with Crippen LogP contribution in [-0.4, -0.2) is 31.7 Å². The van der Waals surface area contributed by atoms with Crippen LogP contribution >= 0.6 is 0 Å². The number of para-hydroxylation sites is 1. The molecular formula is C34H28FN5O3. The molecule has 9 heteroatoms. The Labute approximate surface area is 247 Å². The number of phenolic OH excluding ortho intramolecular Hbond substituents is 1. The number of fused-ring (bicyclic) bond motifs is 1. The van der Waals surface area contributed by atoms with Gasteiger partial charge in [-0.25, -0.2) is 19.3 Å². The Morgan fingerprint density at radius 3 is 2.49 bits per heavy atom. The summed E-state index contributed by atoms with van der Waals surface area (Å²) in [4.78, 5) is 27.6. The van der Waals surface area contributed by atoms with Crippen molar-refractivity contribution in [3.63, 3.8) is 0 Å². The van der Waals surface area contributed by atoms with Crippen LogP contribution in [0.4, 0.5) is 10.2 Å². The molecule has 3 heterocycles. The molecule has 0 amide bonds. The Morgan fingerprint density at radius 1 is 0.930 bits per heavy atom. The summed E-state index contributed by atoms with van der Waals surface area (Å²) >= 11 is 0. The third kappa shape index (κ3) is 5.28. The van der Waals surface area contributed by atoms with Crippen molar-refractivity contribution in [1.29, 1.82) is 0 Å². The Balaban J connectivity index is 1.53. The maximum atomic E-state index is 14.5. The molecule has 6 rings (SSSR count). The number of pyridine rings is 2. The largest absolute Gasteiger partial charge is 0.505 e. The standard InChI is InChI=1S/C34H28FN5O3/c1-20(38-33-27(19-37-21(2)39-33)22-12-13-28(35)30(41)17-22)29-16-24-8-7-11-26(23-14-15-36-31(18-23)43-3)32(24)34(42)40(29)25-9-5-4-6-10-25/h4-20,41H,1-3H3,(H,37,38,39)/t20-/m0/s1. The Morgan fingerprint density at radius 2 is 1.72 bits per heavy atom. The molecule has 0 aliphatic carbocycles. The summed E-state index contributed by atoms with van der Waals surface area (Å²) in [5, 5.41) is 14.8. The van der Waals surface area contributed by atoms with E-state index in [1.165, 1.54) is 12.1 Å². The van der Waals surface area contributed by atoms with Crippen LogP contribution in [0.5, 0.6) is 11.6 Å². The summed E-state index contributed by atoms with van der Waals surface area (Å²) in [6, 6.07) is 24.6. The maximum Gasteiger partial charge on any atom is 0.263 e. The van der Waals surface area contributed by atoms with Gasteiger partial charge in [0.2, 0.25) is 5.88 Å². The first-order chi connectivity index (χ1) is 20.8. The average Bonchev–Trinajstić information content (AvgIpc) is 3.02. The highest BCUT2D eigenvalue weighted by Crippen LogP contribution is 2.34. The number of hydrogen-bond donors (Lipinski definition) is 2. The van der Waals surface area contributed by atoms with Crippen molar-refractivity contribution in [1.82, 2.24) is 19.5 Å². The summed E-state index contributed by atoms with van der Waals surface area (Å²) in [6.45, 7) is 3.72. The first-order valence-corrected chi connectivity index (χ1v) is 13.7. The molecule has 214 valence electrons. The quantitative estimate of drug-likeness (QED) is 0.215. The summed E-state index contributed by atoms with van der Waals surface area (Å²) < 4.78 is 20.9. The molecule has 3 aromatic carbocycles. The molecule has 0 saturated carbocycles. The highest BCUT2D eigenvalue weighted by Gasteiger charge is 2.21. The molecule has 0 saturated heterocycles. The third-order valence-electron chi connectivity index (χ3n) is 7.31. The molecule has 0 spiro atoms. The molecule has 1 atom stereocenters. The second kappa shape index (κ2) is 11.4. The number of anilines is 1. The van der Waals surface area contributed by atoms with Gasteiger partial charge in [0.25, 0.3) is 5.56 Å². The summed E-state index contributed by atoms with van der Waals surface area (Å²) in [7, 11) is 1.56. The first kappa shape index (κ1) is 27.6. The van der Waals surface area contributed by atoms with Crippen molar-refractivity contribution < 1.29 is 14.2 Å². The Hall–Kier alpha value is -5.57. The van der Waals surface area contributed by atoms with Gasteiger partial charge in [0.1, 0.15) is 11.6 Å². The number of phenols is 1. The van der Waals surface area contributed by atoms with Crippen molar-refractivity contribution in [3.8, 4) is 39.6 Å². The van der Waals surface area contributed by atoms with Crippen LogP contribution in [0.25, 0.3) is 38.7 Å². The van der Waals surface area contributed by atoms with Gasteiger partial charge in [0, 0.05) is 35.4 Å². The van der Waals surface area contributed by atoms with Gasteiger partial charge in [-0.2, -0.15) is 0 Å². The molecule has 3 aromatic heterocycles. The predicted octanol–water partition coefficient (Wildman–Crippen LogP) is 6.84. The number of aromatic nitrogens is 4. The number of methoxy groups -OCH3 is 1. The fraction of sp³-hybridized carbons (Fsp3) is 0.118. The van der Waals surface area contributed by atoms with Gasteiger partial charge < -0.3 is 15.2 Å². The zero-order chi connectivity index (χ0) is 30.1. The van der Waals surface area contributed by atoms with Gasteiger partial charge in [-0.15, -0.1) is 0 Å². The molecule has 0 radical (unpaired) electrons. The van der Waals surface area contributed by atoms with Crippen molar-refractivity contribution in [2.45, 2.75) is 19.9 Å². The lowest BCUT2D eigenvalue weighted by Crippen LogP contribution is -2.26. The van der Waals surface area contributed by atoms with E-state index in [1.54, 1.807) is 37.1 Å². The van der Waals surface area contributed by atoms with Crippen LogP contribution in [0.2, 0.25) is 0 Å². The number of aromatic hydroxyl groups is 1. The van der Waals surface area contributed by atoms with Crippen LogP contribution in [0.15, 0.2) is 102 Å². The summed E-state index contributed by atoms with van der Waals surface area (Å²) in [6.07, 6.45) is 3.29. The zero-order valence-corrected chi connectivity index (χ0v) is 23.7. The SMILES string of the molecule is COc1cc(-c2cccc3cc([C@H](C)Nc4nc(C)ncc4-c4ccc(F)c(O)c4)n(-c4ccccc4)c(=O)c23)ccn1. The lowest BCUT2D eigenvalue weighted by molar-refractivity contribution is 0.398. The smallest absolute Gasteiger partial charge is 0.263 e. The number of nitrogens with zero attached hydrogens (tertiary/aromatic N) is 4. The molecule has 0 bridgehead atoms. The minimum Gasteiger partial charge on any atom is -0.505 e. The van der Waals surface area contributed by atoms with Gasteiger partial charge in [-0.1, -0.05) is 42.5 Å². The molecule has 0 unspecified atom stereocenters. The molecule has 2 N–H and O–H groups in total. The number of nitrogens with one attached hydrogen (secondary N) is 1. The van der Waals surface area contributed by atoms with E-state index in [0.717, 1.165) is 16.5 Å². The number of halogens is 1. The van der Waals surface area contributed by atoms with E-state index >= 15 is 0 Å². The minimum atomic E-state index is -0.715. The van der Waals surface area contributed by atoms with Crippen LogP contribution < -0.4 is 15.6 Å². The second-order valence-corrected chi connectivity index (χ2v) is 10.1. The van der Waals surface area contributed by atoms with E-state index in [9.17, 15) is 14.3 Å². The van der Waals surface area contributed by atoms with Gasteiger partial charge in [0.15, 0.2) is 11.6 Å². The van der Waals surface area contributed by atoms with Crippen LogP contribution in [-0.2, 0) is 0 Å². The van der Waals surface area contributed by atoms with Gasteiger partial charge >= 0.3 is 0 Å². The molecular weight excluding hydrogens is 545 g/mol. The molecule has 8 nitrogen and oxygen atoms in total. The van der Waals surface area contributed by atoms with E-state index in [0.29, 0.717) is 45.4 Å². The van der Waals surface area contributed by atoms with E-state index < -0.39 is 17.6 Å². The Kier molecular flexibility index (Phi) is 7.29. The van der Waals surface area contributed by atoms with Crippen molar-refractivity contribution in [2.75, 3.05) is 12.4 Å². The average molecular weight is 574 g/mol. The normalized spacial score (nSPS) is 11.8. The van der Waals surface area contributed by atoms with Gasteiger partial charge in [0.05, 0.1) is 18.5 Å². The maximum absolute atomic E-state index is 14.5. The zero-order valence-electron chi connectivity index (χ0n) is 23.7. The van der Waals surface area contributed by atoms with Crippen molar-refractivity contribution >= 4 is 16.6 Å².